The topological polar surface area (TPSA) is 41.4 Å². The maximum Gasteiger partial charge on any atom is 0.206 e. The van der Waals surface area contributed by atoms with Crippen molar-refractivity contribution in [1.82, 2.24) is 15.2 Å². The number of rotatable bonds is 3. The van der Waals surface area contributed by atoms with Crippen LogP contribution in [0.1, 0.15) is 23.5 Å². The lowest BCUT2D eigenvalue weighted by Gasteiger charge is -2.32. The molecular weight excluding hydrogens is 661 g/mol. The van der Waals surface area contributed by atoms with Crippen LogP contribution in [0, 0.1) is 0 Å². The number of aromatic nitrogens is 1. The molecule has 0 saturated heterocycles. The molecule has 0 radical (unpaired) electrons. The first-order valence-corrected chi connectivity index (χ1v) is 18.9. The molecule has 1 aliphatic heterocycles. The Bertz CT molecular complexity index is 2990. The van der Waals surface area contributed by atoms with Gasteiger partial charge in [-0.15, -0.1) is 22.7 Å². The SMILES string of the molecule is c1ccc(-c2ccc3c(c2)c2ccccc2n3C2=NC(c3ccccc3)NC(c3cccc4c3sc3c4ccc4c5ccccc5sc43)N2)cc1. The van der Waals surface area contributed by atoms with Gasteiger partial charge in [0.1, 0.15) is 12.3 Å². The first-order chi connectivity index (χ1) is 25.3. The summed E-state index contributed by atoms with van der Waals surface area (Å²) < 4.78 is 7.67. The maximum atomic E-state index is 5.40. The Morgan fingerprint density at radius 3 is 2.02 bits per heavy atom. The highest BCUT2D eigenvalue weighted by Gasteiger charge is 2.29. The fourth-order valence-electron chi connectivity index (χ4n) is 7.92. The van der Waals surface area contributed by atoms with Crippen LogP contribution in [-0.4, -0.2) is 10.5 Å². The lowest BCUT2D eigenvalue weighted by Crippen LogP contribution is -2.47. The number of nitrogens with one attached hydrogen (secondary N) is 2. The average molecular weight is 691 g/mol. The average Bonchev–Trinajstić information content (AvgIpc) is 3.88. The first kappa shape index (κ1) is 29.0. The van der Waals surface area contributed by atoms with E-state index in [1.165, 1.54) is 67.8 Å². The highest BCUT2D eigenvalue weighted by molar-refractivity contribution is 7.33. The lowest BCUT2D eigenvalue weighted by molar-refractivity contribution is 0.405. The normalized spacial score (nSPS) is 16.4. The van der Waals surface area contributed by atoms with Crippen LogP contribution in [0.5, 0.6) is 0 Å². The summed E-state index contributed by atoms with van der Waals surface area (Å²) in [6, 6.07) is 56.8. The quantitative estimate of drug-likeness (QED) is 0.194. The Hall–Kier alpha value is -5.79. The standard InChI is InChI=1S/C45H30N4S2/c1-3-12-27(13-4-1)29-22-25-38-36(26-29)30-16-7-9-20-37(30)49(38)45-47-43(28-14-5-2-6-15-28)46-44(48-45)35-19-11-18-32-34-24-23-33-31-17-8-10-21-39(31)50-41(33)42(34)51-40(32)35/h1-26,43-44,46H,(H,47,48). The largest absolute Gasteiger partial charge is 0.336 e. The Kier molecular flexibility index (Phi) is 6.46. The molecule has 2 atom stereocenters. The molecule has 0 fully saturated rings. The molecule has 11 rings (SSSR count). The van der Waals surface area contributed by atoms with Crippen molar-refractivity contribution in [1.29, 1.82) is 0 Å². The van der Waals surface area contributed by atoms with Gasteiger partial charge in [0.15, 0.2) is 0 Å². The summed E-state index contributed by atoms with van der Waals surface area (Å²) in [5, 5.41) is 15.5. The van der Waals surface area contributed by atoms with Crippen molar-refractivity contribution in [3.8, 4) is 11.1 Å². The van der Waals surface area contributed by atoms with Gasteiger partial charge in [-0.1, -0.05) is 133 Å². The number of fused-ring (bicyclic) bond motifs is 10. The third-order valence-corrected chi connectivity index (χ3v) is 12.9. The van der Waals surface area contributed by atoms with E-state index in [0.29, 0.717) is 0 Å². The Labute approximate surface area is 301 Å². The van der Waals surface area contributed by atoms with Crippen LogP contribution in [-0.2, 0) is 0 Å². The van der Waals surface area contributed by atoms with Crippen LogP contribution < -0.4 is 10.6 Å². The molecule has 6 heteroatoms. The van der Waals surface area contributed by atoms with E-state index < -0.39 is 0 Å². The van der Waals surface area contributed by atoms with Crippen molar-refractivity contribution < 1.29 is 0 Å². The van der Waals surface area contributed by atoms with E-state index in [2.05, 4.69) is 173 Å². The number of nitrogens with zero attached hydrogens (tertiary/aromatic N) is 2. The van der Waals surface area contributed by atoms with E-state index in [1.807, 2.05) is 22.7 Å². The summed E-state index contributed by atoms with van der Waals surface area (Å²) in [7, 11) is 0. The zero-order chi connectivity index (χ0) is 33.5. The number of hydrogen-bond acceptors (Lipinski definition) is 5. The van der Waals surface area contributed by atoms with Gasteiger partial charge in [0.25, 0.3) is 0 Å². The molecule has 1 aliphatic rings. The smallest absolute Gasteiger partial charge is 0.206 e. The van der Waals surface area contributed by atoms with Crippen molar-refractivity contribution in [3.63, 3.8) is 0 Å². The van der Waals surface area contributed by atoms with Gasteiger partial charge in [-0.2, -0.15) is 0 Å². The number of benzene rings is 7. The molecule has 4 heterocycles. The van der Waals surface area contributed by atoms with E-state index in [1.54, 1.807) is 0 Å². The zero-order valence-corrected chi connectivity index (χ0v) is 29.0. The van der Waals surface area contributed by atoms with Gasteiger partial charge in [0.05, 0.1) is 20.4 Å². The van der Waals surface area contributed by atoms with Gasteiger partial charge in [0, 0.05) is 47.3 Å². The predicted molar refractivity (Wildman–Crippen MR) is 218 cm³/mol. The molecule has 242 valence electrons. The van der Waals surface area contributed by atoms with Crippen LogP contribution in [0.4, 0.5) is 0 Å². The molecule has 51 heavy (non-hydrogen) atoms. The Morgan fingerprint density at radius 1 is 0.490 bits per heavy atom. The van der Waals surface area contributed by atoms with Crippen LogP contribution in [0.15, 0.2) is 163 Å². The van der Waals surface area contributed by atoms with Crippen molar-refractivity contribution in [3.05, 3.63) is 169 Å². The van der Waals surface area contributed by atoms with E-state index in [-0.39, 0.29) is 12.3 Å². The minimum absolute atomic E-state index is 0.183. The first-order valence-electron chi connectivity index (χ1n) is 17.3. The Balaban J connectivity index is 1.10. The molecule has 2 N–H and O–H groups in total. The fourth-order valence-corrected chi connectivity index (χ4v) is 10.6. The second-order valence-electron chi connectivity index (χ2n) is 13.2. The molecule has 0 spiro atoms. The van der Waals surface area contributed by atoms with E-state index in [0.717, 1.165) is 22.6 Å². The Morgan fingerprint density at radius 2 is 1.16 bits per heavy atom. The minimum Gasteiger partial charge on any atom is -0.336 e. The fraction of sp³-hybridized carbons (Fsp3) is 0.0444. The van der Waals surface area contributed by atoms with E-state index in [4.69, 9.17) is 4.99 Å². The summed E-state index contributed by atoms with van der Waals surface area (Å²) in [6.07, 6.45) is -0.427. The van der Waals surface area contributed by atoms with Gasteiger partial charge in [-0.05, 0) is 41.0 Å². The molecule has 0 saturated carbocycles. The van der Waals surface area contributed by atoms with Crippen molar-refractivity contribution in [2.24, 2.45) is 4.99 Å². The third-order valence-electron chi connectivity index (χ3n) is 10.3. The van der Waals surface area contributed by atoms with Crippen LogP contribution >= 0.6 is 22.7 Å². The van der Waals surface area contributed by atoms with Crippen LogP contribution in [0.25, 0.3) is 73.3 Å². The van der Waals surface area contributed by atoms with Crippen molar-refractivity contribution in [2.75, 3.05) is 0 Å². The lowest BCUT2D eigenvalue weighted by atomic mass is 10.0. The summed E-state index contributed by atoms with van der Waals surface area (Å²) in [4.78, 5) is 5.40. The number of para-hydroxylation sites is 1. The summed E-state index contributed by atoms with van der Waals surface area (Å²) in [5.74, 6) is 0.830. The summed E-state index contributed by atoms with van der Waals surface area (Å²) in [5.41, 5.74) is 7.02. The molecule has 7 aromatic carbocycles. The molecule has 3 aromatic heterocycles. The van der Waals surface area contributed by atoms with Crippen LogP contribution in [0.2, 0.25) is 0 Å². The molecule has 0 bridgehead atoms. The number of aliphatic imine (C=N–C) groups is 1. The van der Waals surface area contributed by atoms with Gasteiger partial charge in [0.2, 0.25) is 5.96 Å². The molecule has 4 nitrogen and oxygen atoms in total. The summed E-state index contributed by atoms with van der Waals surface area (Å²) >= 11 is 3.81. The molecular formula is C45H30N4S2. The number of hydrogen-bond donors (Lipinski definition) is 2. The van der Waals surface area contributed by atoms with Gasteiger partial charge in [-0.3, -0.25) is 9.88 Å². The molecule has 0 amide bonds. The second-order valence-corrected chi connectivity index (χ2v) is 15.3. The van der Waals surface area contributed by atoms with Crippen molar-refractivity contribution in [2.45, 2.75) is 12.3 Å². The molecule has 10 aromatic rings. The minimum atomic E-state index is -0.244. The van der Waals surface area contributed by atoms with Gasteiger partial charge >= 0.3 is 0 Å². The van der Waals surface area contributed by atoms with E-state index in [9.17, 15) is 0 Å². The van der Waals surface area contributed by atoms with Gasteiger partial charge < -0.3 is 5.32 Å². The van der Waals surface area contributed by atoms with Crippen LogP contribution in [0.3, 0.4) is 0 Å². The monoisotopic (exact) mass is 690 g/mol. The highest BCUT2D eigenvalue weighted by Crippen LogP contribution is 2.46. The number of thiophene rings is 2. The molecule has 2 unspecified atom stereocenters. The zero-order valence-electron chi connectivity index (χ0n) is 27.4. The second kappa shape index (κ2) is 11.4. The third kappa shape index (κ3) is 4.51. The van der Waals surface area contributed by atoms with Gasteiger partial charge in [-0.25, -0.2) is 4.99 Å². The van der Waals surface area contributed by atoms with Crippen molar-refractivity contribution >= 4 is 90.8 Å². The summed E-state index contributed by atoms with van der Waals surface area (Å²) in [6.45, 7) is 0. The maximum absolute atomic E-state index is 5.40. The predicted octanol–water partition coefficient (Wildman–Crippen LogP) is 12.0. The van der Waals surface area contributed by atoms with E-state index >= 15 is 0 Å². The molecule has 0 aliphatic carbocycles. The highest BCUT2D eigenvalue weighted by atomic mass is 32.1.